The van der Waals surface area contributed by atoms with Crippen molar-refractivity contribution in [1.29, 1.82) is 0 Å². The molecule has 0 atom stereocenters. The third-order valence-electron chi connectivity index (χ3n) is 1.90. The Labute approximate surface area is 101 Å². The van der Waals surface area contributed by atoms with Gasteiger partial charge in [-0.2, -0.15) is 13.2 Å². The van der Waals surface area contributed by atoms with Crippen LogP contribution in [-0.2, 0) is 0 Å². The van der Waals surface area contributed by atoms with Crippen LogP contribution in [0.2, 0.25) is 10.0 Å². The molecule has 1 rings (SSSR count). The van der Waals surface area contributed by atoms with Gasteiger partial charge in [0.25, 0.3) is 0 Å². The van der Waals surface area contributed by atoms with Crippen LogP contribution in [0.4, 0.5) is 24.5 Å². The summed E-state index contributed by atoms with van der Waals surface area (Å²) in [6.45, 7) is -1.10. The fraction of sp³-hybridized carbons (Fsp3) is 0.333. The fourth-order valence-corrected chi connectivity index (χ4v) is 1.57. The molecule has 0 aliphatic rings. The molecule has 0 saturated heterocycles. The first-order valence-electron chi connectivity index (χ1n) is 4.23. The van der Waals surface area contributed by atoms with Crippen LogP contribution < -0.4 is 10.6 Å². The van der Waals surface area contributed by atoms with Crippen LogP contribution in [0.1, 0.15) is 0 Å². The average Bonchev–Trinajstić information content (AvgIpc) is 2.08. The Morgan fingerprint density at radius 3 is 2.25 bits per heavy atom. The van der Waals surface area contributed by atoms with Crippen molar-refractivity contribution < 1.29 is 13.2 Å². The molecule has 90 valence electrons. The van der Waals surface area contributed by atoms with E-state index in [1.807, 2.05) is 0 Å². The number of alkyl halides is 3. The Kier molecular flexibility index (Phi) is 3.80. The first-order valence-corrected chi connectivity index (χ1v) is 4.98. The predicted octanol–water partition coefficient (Wildman–Crippen LogP) is 3.57. The Bertz CT molecular complexity index is 393. The monoisotopic (exact) mass is 272 g/mol. The van der Waals surface area contributed by atoms with E-state index in [4.69, 9.17) is 28.9 Å². The van der Waals surface area contributed by atoms with Gasteiger partial charge in [0.05, 0.1) is 21.4 Å². The summed E-state index contributed by atoms with van der Waals surface area (Å²) in [6, 6.07) is 2.64. The van der Waals surface area contributed by atoms with Gasteiger partial charge in [-0.25, -0.2) is 0 Å². The highest BCUT2D eigenvalue weighted by Crippen LogP contribution is 2.33. The number of benzene rings is 1. The summed E-state index contributed by atoms with van der Waals surface area (Å²) in [5.41, 5.74) is 5.91. The lowest BCUT2D eigenvalue weighted by Gasteiger charge is -2.22. The molecule has 2 nitrogen and oxygen atoms in total. The lowest BCUT2D eigenvalue weighted by molar-refractivity contribution is -0.119. The van der Waals surface area contributed by atoms with Crippen molar-refractivity contribution in [2.24, 2.45) is 0 Å². The van der Waals surface area contributed by atoms with Gasteiger partial charge in [-0.05, 0) is 12.1 Å². The molecule has 1 aromatic carbocycles. The van der Waals surface area contributed by atoms with Crippen LogP contribution in [0.5, 0.6) is 0 Å². The second-order valence-corrected chi connectivity index (χ2v) is 4.11. The highest BCUT2D eigenvalue weighted by atomic mass is 35.5. The summed E-state index contributed by atoms with van der Waals surface area (Å²) in [5.74, 6) is 0. The minimum absolute atomic E-state index is 0.154. The summed E-state index contributed by atoms with van der Waals surface area (Å²) in [6.07, 6.45) is -4.30. The summed E-state index contributed by atoms with van der Waals surface area (Å²) < 4.78 is 36.5. The maximum absolute atomic E-state index is 12.2. The molecule has 0 heterocycles. The first kappa shape index (κ1) is 13.3. The van der Waals surface area contributed by atoms with Crippen molar-refractivity contribution in [2.45, 2.75) is 6.18 Å². The number of hydrogen-bond acceptors (Lipinski definition) is 2. The molecule has 16 heavy (non-hydrogen) atoms. The average molecular weight is 273 g/mol. The maximum Gasteiger partial charge on any atom is 0.405 e. The lowest BCUT2D eigenvalue weighted by atomic mass is 10.2. The zero-order valence-electron chi connectivity index (χ0n) is 8.28. The summed E-state index contributed by atoms with van der Waals surface area (Å²) in [5, 5.41) is 0.378. The van der Waals surface area contributed by atoms with Gasteiger partial charge in [-0.15, -0.1) is 0 Å². The smallest absolute Gasteiger partial charge is 0.397 e. The van der Waals surface area contributed by atoms with E-state index >= 15 is 0 Å². The molecule has 0 fully saturated rings. The van der Waals surface area contributed by atoms with E-state index in [1.54, 1.807) is 0 Å². The molecule has 0 unspecified atom stereocenters. The lowest BCUT2D eigenvalue weighted by Crippen LogP contribution is -2.31. The van der Waals surface area contributed by atoms with Gasteiger partial charge >= 0.3 is 6.18 Å². The second-order valence-electron chi connectivity index (χ2n) is 3.30. The first-order chi connectivity index (χ1) is 7.20. The predicted molar refractivity (Wildman–Crippen MR) is 60.2 cm³/mol. The Morgan fingerprint density at radius 1 is 1.25 bits per heavy atom. The molecule has 0 aliphatic carbocycles. The summed E-state index contributed by atoms with van der Waals surface area (Å²) >= 11 is 11.4. The number of halogens is 5. The molecule has 0 amide bonds. The molecule has 0 radical (unpaired) electrons. The molecule has 1 aromatic rings. The van der Waals surface area contributed by atoms with E-state index < -0.39 is 12.7 Å². The van der Waals surface area contributed by atoms with E-state index in [0.29, 0.717) is 0 Å². The number of anilines is 2. The molecule has 0 saturated carbocycles. The van der Waals surface area contributed by atoms with Crippen molar-refractivity contribution in [3.05, 3.63) is 22.2 Å². The highest BCUT2D eigenvalue weighted by Gasteiger charge is 2.30. The quantitative estimate of drug-likeness (QED) is 0.834. The standard InChI is InChI=1S/C9H9Cl2F3N2/c1-16(4-9(12,13)14)8-3-6(11)5(10)2-7(8)15/h2-3H,4,15H2,1H3. The normalized spacial score (nSPS) is 11.6. The zero-order chi connectivity index (χ0) is 12.5. The minimum Gasteiger partial charge on any atom is -0.397 e. The summed E-state index contributed by atoms with van der Waals surface area (Å²) in [4.78, 5) is 0.970. The maximum atomic E-state index is 12.2. The fourth-order valence-electron chi connectivity index (χ4n) is 1.24. The molecule has 0 aromatic heterocycles. The molecule has 0 bridgehead atoms. The van der Waals surface area contributed by atoms with E-state index in [-0.39, 0.29) is 21.4 Å². The summed E-state index contributed by atoms with van der Waals surface area (Å²) in [7, 11) is 1.28. The molecular formula is C9H9Cl2F3N2. The van der Waals surface area contributed by atoms with Gasteiger partial charge in [0.2, 0.25) is 0 Å². The zero-order valence-corrected chi connectivity index (χ0v) is 9.79. The van der Waals surface area contributed by atoms with Crippen molar-refractivity contribution in [1.82, 2.24) is 0 Å². The van der Waals surface area contributed by atoms with E-state index in [2.05, 4.69) is 0 Å². The van der Waals surface area contributed by atoms with Crippen molar-refractivity contribution in [3.63, 3.8) is 0 Å². The van der Waals surface area contributed by atoms with Crippen LogP contribution in [-0.4, -0.2) is 19.8 Å². The van der Waals surface area contributed by atoms with Crippen LogP contribution in [0, 0.1) is 0 Å². The van der Waals surface area contributed by atoms with Crippen LogP contribution in [0.3, 0.4) is 0 Å². The topological polar surface area (TPSA) is 29.3 Å². The highest BCUT2D eigenvalue weighted by molar-refractivity contribution is 6.42. The number of rotatable bonds is 2. The molecule has 0 spiro atoms. The Morgan fingerprint density at radius 2 is 1.75 bits per heavy atom. The van der Waals surface area contributed by atoms with Gasteiger partial charge in [0.1, 0.15) is 6.54 Å². The SMILES string of the molecule is CN(CC(F)(F)F)c1cc(Cl)c(Cl)cc1N. The number of hydrogen-bond donors (Lipinski definition) is 1. The van der Waals surface area contributed by atoms with Gasteiger partial charge in [0, 0.05) is 7.05 Å². The van der Waals surface area contributed by atoms with Gasteiger partial charge in [0.15, 0.2) is 0 Å². The van der Waals surface area contributed by atoms with Crippen molar-refractivity contribution in [3.8, 4) is 0 Å². The van der Waals surface area contributed by atoms with Gasteiger partial charge in [-0.1, -0.05) is 23.2 Å². The van der Waals surface area contributed by atoms with Crippen LogP contribution >= 0.6 is 23.2 Å². The van der Waals surface area contributed by atoms with Crippen LogP contribution in [0.15, 0.2) is 12.1 Å². The minimum atomic E-state index is -4.30. The van der Waals surface area contributed by atoms with Crippen molar-refractivity contribution in [2.75, 3.05) is 24.2 Å². The number of nitrogens with two attached hydrogens (primary N) is 1. The third kappa shape index (κ3) is 3.35. The van der Waals surface area contributed by atoms with E-state index in [1.165, 1.54) is 19.2 Å². The third-order valence-corrected chi connectivity index (χ3v) is 2.62. The number of nitrogen functional groups attached to an aromatic ring is 1. The van der Waals surface area contributed by atoms with Crippen molar-refractivity contribution >= 4 is 34.6 Å². The van der Waals surface area contributed by atoms with Gasteiger partial charge < -0.3 is 10.6 Å². The second kappa shape index (κ2) is 4.59. The molecule has 0 aliphatic heterocycles. The Hall–Kier alpha value is -0.810. The van der Waals surface area contributed by atoms with E-state index in [0.717, 1.165) is 4.90 Å². The Balaban J connectivity index is 3.00. The molecular weight excluding hydrogens is 264 g/mol. The molecule has 2 N–H and O–H groups in total. The molecule has 7 heteroatoms. The van der Waals surface area contributed by atoms with Crippen LogP contribution in [0.25, 0.3) is 0 Å². The van der Waals surface area contributed by atoms with Gasteiger partial charge in [-0.3, -0.25) is 0 Å². The van der Waals surface area contributed by atoms with E-state index in [9.17, 15) is 13.2 Å². The number of nitrogens with zero attached hydrogens (tertiary/aromatic N) is 1. The largest absolute Gasteiger partial charge is 0.405 e.